The fourth-order valence-corrected chi connectivity index (χ4v) is 4.85. The third-order valence-electron chi connectivity index (χ3n) is 6.40. The monoisotopic (exact) mass is 489 g/mol. The molecule has 0 aliphatic heterocycles. The van der Waals surface area contributed by atoms with Crippen LogP contribution in [0.2, 0.25) is 0 Å². The van der Waals surface area contributed by atoms with Gasteiger partial charge in [-0.1, -0.05) is 48.5 Å². The number of fused-ring (bicyclic) bond motifs is 2. The Kier molecular flexibility index (Phi) is 6.24. The number of aromatic carboxylic acids is 1. The van der Waals surface area contributed by atoms with Gasteiger partial charge in [0.15, 0.2) is 0 Å². The zero-order chi connectivity index (χ0) is 26.1. The smallest absolute Gasteiger partial charge is 0.338 e. The summed E-state index contributed by atoms with van der Waals surface area (Å²) in [6, 6.07) is 23.2. The quantitative estimate of drug-likeness (QED) is 0.165. The van der Waals surface area contributed by atoms with E-state index in [1.54, 1.807) is 48.5 Å². The molecule has 0 radical (unpaired) electrons. The van der Waals surface area contributed by atoms with Crippen molar-refractivity contribution in [3.63, 3.8) is 0 Å². The molecule has 0 atom stereocenters. The van der Waals surface area contributed by atoms with Crippen molar-refractivity contribution in [2.45, 2.75) is 20.5 Å². The van der Waals surface area contributed by atoms with Crippen LogP contribution in [0.4, 0.5) is 0 Å². The van der Waals surface area contributed by atoms with E-state index < -0.39 is 11.9 Å². The molecule has 1 heterocycles. The Morgan fingerprint density at radius 2 is 1.57 bits per heavy atom. The molecule has 6 nitrogen and oxygen atoms in total. The molecule has 6 heteroatoms. The number of carboxylic acid groups (broad SMARTS) is 1. The lowest BCUT2D eigenvalue weighted by molar-refractivity contribution is 0.0472. The number of benzene rings is 4. The third-order valence-corrected chi connectivity index (χ3v) is 6.40. The van der Waals surface area contributed by atoms with E-state index in [9.17, 15) is 19.5 Å². The van der Waals surface area contributed by atoms with E-state index in [0.717, 1.165) is 28.5 Å². The lowest BCUT2D eigenvalue weighted by Gasteiger charge is -2.17. The number of hydrogen-bond donors (Lipinski definition) is 1. The van der Waals surface area contributed by atoms with Crippen LogP contribution in [0.3, 0.4) is 0 Å². The molecule has 182 valence electrons. The van der Waals surface area contributed by atoms with Gasteiger partial charge >= 0.3 is 11.9 Å². The molecule has 0 aliphatic rings. The summed E-state index contributed by atoms with van der Waals surface area (Å²) in [4.78, 5) is 41.8. The van der Waals surface area contributed by atoms with Crippen LogP contribution in [0.25, 0.3) is 32.9 Å². The molecular weight excluding hydrogens is 466 g/mol. The second-order valence-electron chi connectivity index (χ2n) is 8.94. The Balaban J connectivity index is 1.67. The van der Waals surface area contributed by atoms with Crippen molar-refractivity contribution in [2.24, 2.45) is 0 Å². The number of carbonyl (C=O) groups excluding carboxylic acids is 2. The predicted molar refractivity (Wildman–Crippen MR) is 142 cm³/mol. The van der Waals surface area contributed by atoms with Gasteiger partial charge in [-0.15, -0.1) is 0 Å². The Bertz CT molecular complexity index is 1680. The van der Waals surface area contributed by atoms with Gasteiger partial charge in [0.1, 0.15) is 12.9 Å². The second-order valence-corrected chi connectivity index (χ2v) is 8.94. The zero-order valence-electron chi connectivity index (χ0n) is 20.3. The number of esters is 1. The summed E-state index contributed by atoms with van der Waals surface area (Å²) in [7, 11) is 0. The second kappa shape index (κ2) is 9.66. The minimum Gasteiger partial charge on any atom is -0.478 e. The summed E-state index contributed by atoms with van der Waals surface area (Å²) in [6.45, 7) is 3.86. The van der Waals surface area contributed by atoms with Crippen LogP contribution >= 0.6 is 0 Å². The molecule has 0 saturated heterocycles. The lowest BCUT2D eigenvalue weighted by atomic mass is 9.87. The van der Waals surface area contributed by atoms with Gasteiger partial charge in [-0.25, -0.2) is 14.6 Å². The standard InChI is InChI=1S/C31H23NO5/c1-18-12-22(31(36)37-17-20-8-4-3-5-9-20)13-19(2)27(18)24-14-21(16-33)15-26-28(24)29(30(34)35)23-10-6-7-11-25(23)32-26/h3-16H,17H2,1-2H3,(H,34,35). The minimum absolute atomic E-state index is 0.123. The maximum Gasteiger partial charge on any atom is 0.338 e. The third kappa shape index (κ3) is 4.45. The Hall–Kier alpha value is -4.84. The van der Waals surface area contributed by atoms with E-state index in [2.05, 4.69) is 4.98 Å². The summed E-state index contributed by atoms with van der Waals surface area (Å²) >= 11 is 0. The first-order valence-corrected chi connectivity index (χ1v) is 11.7. The van der Waals surface area contributed by atoms with E-state index in [4.69, 9.17) is 4.74 Å². The fourth-order valence-electron chi connectivity index (χ4n) is 4.85. The van der Waals surface area contributed by atoms with Crippen LogP contribution in [0.1, 0.15) is 47.8 Å². The number of aldehydes is 1. The van der Waals surface area contributed by atoms with E-state index in [1.165, 1.54) is 0 Å². The van der Waals surface area contributed by atoms with Crippen molar-refractivity contribution in [1.29, 1.82) is 0 Å². The van der Waals surface area contributed by atoms with Gasteiger partial charge in [0, 0.05) is 16.3 Å². The normalized spacial score (nSPS) is 11.0. The summed E-state index contributed by atoms with van der Waals surface area (Å²) in [5.74, 6) is -1.54. The number of hydrogen-bond acceptors (Lipinski definition) is 5. The Labute approximate surface area is 213 Å². The molecule has 0 amide bonds. The number of aryl methyl sites for hydroxylation is 2. The Morgan fingerprint density at radius 3 is 2.24 bits per heavy atom. The minimum atomic E-state index is -1.08. The highest BCUT2D eigenvalue weighted by atomic mass is 16.5. The van der Waals surface area contributed by atoms with Crippen LogP contribution in [0, 0.1) is 13.8 Å². The number of para-hydroxylation sites is 1. The van der Waals surface area contributed by atoms with Gasteiger partial charge in [0.2, 0.25) is 0 Å². The highest BCUT2D eigenvalue weighted by Crippen LogP contribution is 2.38. The van der Waals surface area contributed by atoms with Gasteiger partial charge in [-0.05, 0) is 72.0 Å². The van der Waals surface area contributed by atoms with Crippen molar-refractivity contribution >= 4 is 40.0 Å². The molecular formula is C31H23NO5. The van der Waals surface area contributed by atoms with Crippen molar-refractivity contribution < 1.29 is 24.2 Å². The average Bonchev–Trinajstić information content (AvgIpc) is 2.90. The number of carboxylic acids is 1. The molecule has 0 aliphatic carbocycles. The van der Waals surface area contributed by atoms with E-state index in [0.29, 0.717) is 38.5 Å². The number of rotatable bonds is 6. The summed E-state index contributed by atoms with van der Waals surface area (Å²) in [5, 5.41) is 11.2. The predicted octanol–water partition coefficient (Wildman–Crippen LogP) is 6.54. The molecule has 5 aromatic rings. The molecule has 1 N–H and O–H groups in total. The van der Waals surface area contributed by atoms with Crippen molar-refractivity contribution in [1.82, 2.24) is 4.98 Å². The molecule has 5 rings (SSSR count). The average molecular weight is 490 g/mol. The first-order chi connectivity index (χ1) is 17.9. The van der Waals surface area contributed by atoms with E-state index in [-0.39, 0.29) is 12.2 Å². The number of aromatic nitrogens is 1. The molecule has 0 bridgehead atoms. The molecule has 4 aromatic carbocycles. The molecule has 0 saturated carbocycles. The van der Waals surface area contributed by atoms with Crippen molar-refractivity contribution in [3.05, 3.63) is 112 Å². The number of pyridine rings is 1. The molecule has 0 unspecified atom stereocenters. The van der Waals surface area contributed by atoms with Crippen molar-refractivity contribution in [2.75, 3.05) is 0 Å². The fraction of sp³-hybridized carbons (Fsp3) is 0.0968. The molecule has 1 aromatic heterocycles. The lowest BCUT2D eigenvalue weighted by Crippen LogP contribution is -2.07. The van der Waals surface area contributed by atoms with Gasteiger partial charge in [-0.2, -0.15) is 0 Å². The largest absolute Gasteiger partial charge is 0.478 e. The topological polar surface area (TPSA) is 93.6 Å². The van der Waals surface area contributed by atoms with Gasteiger partial charge in [0.05, 0.1) is 22.2 Å². The first kappa shape index (κ1) is 23.9. The summed E-state index contributed by atoms with van der Waals surface area (Å²) in [5.41, 5.74) is 5.56. The summed E-state index contributed by atoms with van der Waals surface area (Å²) < 4.78 is 5.50. The highest BCUT2D eigenvalue weighted by Gasteiger charge is 2.22. The number of nitrogens with zero attached hydrogens (tertiary/aromatic N) is 1. The first-order valence-electron chi connectivity index (χ1n) is 11.7. The highest BCUT2D eigenvalue weighted by molar-refractivity contribution is 6.18. The number of carbonyl (C=O) groups is 3. The number of ether oxygens (including phenoxy) is 1. The SMILES string of the molecule is Cc1cc(C(=O)OCc2ccccc2)cc(C)c1-c1cc(C=O)cc2nc3ccccc3c(C(=O)O)c12. The van der Waals surface area contributed by atoms with Gasteiger partial charge in [-0.3, -0.25) is 4.79 Å². The van der Waals surface area contributed by atoms with Crippen LogP contribution in [0.15, 0.2) is 78.9 Å². The van der Waals surface area contributed by atoms with Crippen LogP contribution in [-0.2, 0) is 11.3 Å². The Morgan fingerprint density at radius 1 is 0.892 bits per heavy atom. The molecule has 0 spiro atoms. The van der Waals surface area contributed by atoms with Gasteiger partial charge in [0.25, 0.3) is 0 Å². The maximum atomic E-state index is 12.8. The van der Waals surface area contributed by atoms with Crippen LogP contribution < -0.4 is 0 Å². The van der Waals surface area contributed by atoms with Crippen LogP contribution in [0.5, 0.6) is 0 Å². The molecule has 0 fully saturated rings. The zero-order valence-corrected chi connectivity index (χ0v) is 20.3. The summed E-state index contributed by atoms with van der Waals surface area (Å²) in [6.07, 6.45) is 0.722. The van der Waals surface area contributed by atoms with E-state index in [1.807, 2.05) is 44.2 Å². The van der Waals surface area contributed by atoms with Crippen LogP contribution in [-0.4, -0.2) is 28.3 Å². The van der Waals surface area contributed by atoms with Gasteiger partial charge < -0.3 is 9.84 Å². The molecule has 37 heavy (non-hydrogen) atoms. The van der Waals surface area contributed by atoms with Crippen molar-refractivity contribution in [3.8, 4) is 11.1 Å². The maximum absolute atomic E-state index is 12.8. The van der Waals surface area contributed by atoms with E-state index >= 15 is 0 Å².